The Morgan fingerprint density at radius 1 is 0.356 bits per heavy atom. The Morgan fingerprint density at radius 2 is 0.711 bits per heavy atom. The largest absolute Gasteiger partial charge is 0.358 e. The van der Waals surface area contributed by atoms with Gasteiger partial charge in [-0.05, 0) is 0 Å². The molecular formula is C44H36Zr-6. The fourth-order valence-corrected chi connectivity index (χ4v) is 4.73. The van der Waals surface area contributed by atoms with Gasteiger partial charge in [0.1, 0.15) is 0 Å². The zero-order valence-corrected chi connectivity index (χ0v) is 28.0. The first-order chi connectivity index (χ1) is 21.4. The van der Waals surface area contributed by atoms with Crippen LogP contribution in [-0.4, -0.2) is 0 Å². The summed E-state index contributed by atoms with van der Waals surface area (Å²) in [5.74, 6) is 0. The molecule has 0 bridgehead atoms. The van der Waals surface area contributed by atoms with E-state index in [4.69, 9.17) is 0 Å². The van der Waals surface area contributed by atoms with Crippen LogP contribution >= 0.6 is 0 Å². The van der Waals surface area contributed by atoms with Crippen LogP contribution in [0.5, 0.6) is 0 Å². The molecule has 222 valence electrons. The summed E-state index contributed by atoms with van der Waals surface area (Å²) in [7, 11) is 0. The molecule has 9 aromatic rings. The second-order valence-electron chi connectivity index (χ2n) is 9.78. The van der Waals surface area contributed by atoms with E-state index in [9.17, 15) is 0 Å². The van der Waals surface area contributed by atoms with E-state index in [1.165, 1.54) is 43.1 Å². The Morgan fingerprint density at radius 3 is 1.04 bits per heavy atom. The van der Waals surface area contributed by atoms with E-state index in [0.717, 1.165) is 0 Å². The molecule has 0 aliphatic rings. The Balaban J connectivity index is 0.000000157. The van der Waals surface area contributed by atoms with Crippen LogP contribution in [0.1, 0.15) is 0 Å². The summed E-state index contributed by atoms with van der Waals surface area (Å²) in [5, 5.41) is 10.7. The quantitative estimate of drug-likeness (QED) is 0.143. The first kappa shape index (κ1) is 34.8. The van der Waals surface area contributed by atoms with Gasteiger partial charge >= 0.3 is 0 Å². The maximum absolute atomic E-state index is 2.89. The molecule has 0 nitrogen and oxygen atoms in total. The minimum atomic E-state index is 0. The van der Waals surface area contributed by atoms with Crippen molar-refractivity contribution < 1.29 is 26.2 Å². The number of benzene rings is 6. The van der Waals surface area contributed by atoms with Crippen LogP contribution in [0.25, 0.3) is 43.1 Å². The van der Waals surface area contributed by atoms with E-state index in [1.54, 1.807) is 0 Å². The number of fused-ring (bicyclic) bond motifs is 5. The van der Waals surface area contributed by atoms with Crippen molar-refractivity contribution in [3.8, 4) is 0 Å². The maximum Gasteiger partial charge on any atom is 0 e. The topological polar surface area (TPSA) is 0 Å². The smallest absolute Gasteiger partial charge is 0 e. The Hall–Kier alpha value is -4.71. The molecule has 0 heterocycles. The third-order valence-corrected chi connectivity index (χ3v) is 6.83. The molecule has 9 rings (SSSR count). The van der Waals surface area contributed by atoms with Gasteiger partial charge in [-0.25, -0.2) is 0 Å². The first-order valence-electron chi connectivity index (χ1n) is 14.4. The van der Waals surface area contributed by atoms with Crippen LogP contribution in [0.15, 0.2) is 200 Å². The van der Waals surface area contributed by atoms with E-state index in [0.29, 0.717) is 0 Å². The molecule has 0 spiro atoms. The fourth-order valence-electron chi connectivity index (χ4n) is 4.73. The van der Waals surface area contributed by atoms with Gasteiger partial charge in [-0.2, -0.15) is 108 Å². The normalized spacial score (nSPS) is 9.42. The average Bonchev–Trinajstić information content (AvgIpc) is 3.86. The summed E-state index contributed by atoms with van der Waals surface area (Å²) >= 11 is 0. The van der Waals surface area contributed by atoms with Gasteiger partial charge in [-0.3, -0.25) is 0 Å². The van der Waals surface area contributed by atoms with E-state index in [-0.39, 0.29) is 33.6 Å². The molecule has 0 unspecified atom stereocenters. The van der Waals surface area contributed by atoms with Crippen LogP contribution in [0, 0.1) is 19.6 Å². The van der Waals surface area contributed by atoms with Crippen LogP contribution in [0.4, 0.5) is 0 Å². The molecule has 0 aromatic heterocycles. The fraction of sp³-hybridized carbons (Fsp3) is 0. The maximum atomic E-state index is 2.89. The molecule has 0 saturated heterocycles. The van der Waals surface area contributed by atoms with E-state index < -0.39 is 0 Å². The van der Waals surface area contributed by atoms with E-state index >= 15 is 0 Å². The predicted molar refractivity (Wildman–Crippen MR) is 193 cm³/mol. The molecule has 0 aliphatic carbocycles. The van der Waals surface area contributed by atoms with Crippen LogP contribution in [0.2, 0.25) is 0 Å². The van der Waals surface area contributed by atoms with Crippen molar-refractivity contribution >= 4 is 43.1 Å². The number of hydrogen-bond acceptors (Lipinski definition) is 0. The van der Waals surface area contributed by atoms with Gasteiger partial charge in [0.25, 0.3) is 0 Å². The summed E-state index contributed by atoms with van der Waals surface area (Å²) in [6.07, 6.45) is 0. The van der Waals surface area contributed by atoms with E-state index in [2.05, 4.69) is 152 Å². The van der Waals surface area contributed by atoms with Crippen molar-refractivity contribution in [1.29, 1.82) is 0 Å². The summed E-state index contributed by atoms with van der Waals surface area (Å²) in [6.45, 7) is 0. The monoisotopic (exact) mass is 654 g/mol. The van der Waals surface area contributed by atoms with E-state index in [1.807, 2.05) is 60.7 Å². The standard InChI is InChI=1S/C13H9.2C9H7.2C6H5.CH3.Zr/c1-3-7-12-10(5-1)9-11-6-2-4-8-13(11)12;2*1-2-5-9-7-3-6-8(9)4-1;2*1-2-4-6-5-3-1;;/h1-9H;2*1-7H;2*1-5H;1H3;/q6*-1;. The van der Waals surface area contributed by atoms with Crippen molar-refractivity contribution in [2.45, 2.75) is 0 Å². The third-order valence-electron chi connectivity index (χ3n) is 6.83. The summed E-state index contributed by atoms with van der Waals surface area (Å²) in [6, 6.07) is 73.6. The zero-order valence-electron chi connectivity index (χ0n) is 25.6. The summed E-state index contributed by atoms with van der Waals surface area (Å²) < 4.78 is 0. The molecule has 0 fully saturated rings. The van der Waals surface area contributed by atoms with Gasteiger partial charge < -0.3 is 7.43 Å². The van der Waals surface area contributed by atoms with Gasteiger partial charge in [-0.15, -0.1) is 99.0 Å². The average molecular weight is 656 g/mol. The molecule has 1 heteroatoms. The third kappa shape index (κ3) is 10.8. The van der Waals surface area contributed by atoms with Gasteiger partial charge in [0.15, 0.2) is 0 Å². The Labute approximate surface area is 287 Å². The summed E-state index contributed by atoms with van der Waals surface area (Å²) in [5.41, 5.74) is 0. The minimum Gasteiger partial charge on any atom is -0.358 e. The molecule has 0 aliphatic heterocycles. The zero-order chi connectivity index (χ0) is 29.4. The van der Waals surface area contributed by atoms with Crippen LogP contribution in [0.3, 0.4) is 0 Å². The molecule has 0 amide bonds. The van der Waals surface area contributed by atoms with Gasteiger partial charge in [-0.1, -0.05) is 48.5 Å². The Bertz CT molecular complexity index is 1760. The van der Waals surface area contributed by atoms with Crippen molar-refractivity contribution in [1.82, 2.24) is 0 Å². The minimum absolute atomic E-state index is 0. The molecule has 9 aromatic carbocycles. The first-order valence-corrected chi connectivity index (χ1v) is 14.4. The van der Waals surface area contributed by atoms with Crippen molar-refractivity contribution in [3.63, 3.8) is 0 Å². The molecule has 45 heavy (non-hydrogen) atoms. The van der Waals surface area contributed by atoms with Crippen molar-refractivity contribution in [3.05, 3.63) is 220 Å². The van der Waals surface area contributed by atoms with Crippen molar-refractivity contribution in [2.24, 2.45) is 0 Å². The van der Waals surface area contributed by atoms with Crippen LogP contribution < -0.4 is 0 Å². The van der Waals surface area contributed by atoms with Gasteiger partial charge in [0, 0.05) is 26.2 Å². The van der Waals surface area contributed by atoms with Crippen LogP contribution in [-0.2, 0) is 26.2 Å². The van der Waals surface area contributed by atoms with Crippen molar-refractivity contribution in [2.75, 3.05) is 0 Å². The molecule has 0 N–H and O–H groups in total. The molecule has 0 radical (unpaired) electrons. The molecule has 0 atom stereocenters. The predicted octanol–water partition coefficient (Wildman–Crippen LogP) is 12.3. The SMILES string of the molecule is [CH3-].[Zr].[c-]1ccccc1.[c-]1ccccc1.c1ccc2[cH-]ccc2c1.c1ccc2[cH-]ccc2c1.c1ccc2c(c1)[cH-]c1ccccc12. The molecular weight excluding hydrogens is 620 g/mol. The Kier molecular flexibility index (Phi) is 15.1. The number of rotatable bonds is 0. The van der Waals surface area contributed by atoms with Gasteiger partial charge in [0.2, 0.25) is 0 Å². The number of hydrogen-bond donors (Lipinski definition) is 0. The van der Waals surface area contributed by atoms with Gasteiger partial charge in [0.05, 0.1) is 0 Å². The second-order valence-corrected chi connectivity index (χ2v) is 9.78. The molecule has 0 saturated carbocycles. The second kappa shape index (κ2) is 19.5. The summed E-state index contributed by atoms with van der Waals surface area (Å²) in [4.78, 5) is 0.